The van der Waals surface area contributed by atoms with E-state index in [9.17, 15) is 0 Å². The van der Waals surface area contributed by atoms with Crippen LogP contribution < -0.4 is 4.74 Å². The number of rotatable bonds is 7. The zero-order valence-corrected chi connectivity index (χ0v) is 14.3. The monoisotopic (exact) mass is 306 g/mol. The molecule has 0 unspecified atom stereocenters. The van der Waals surface area contributed by atoms with Gasteiger partial charge in [-0.05, 0) is 35.6 Å². The lowest BCUT2D eigenvalue weighted by Crippen LogP contribution is -2.00. The van der Waals surface area contributed by atoms with Crippen molar-refractivity contribution in [1.29, 1.82) is 0 Å². The molecule has 0 N–H and O–H groups in total. The molecule has 3 aromatic carbocycles. The Balaban J connectivity index is 2.23. The number of benzene rings is 3. The first-order valence-electron chi connectivity index (χ1n) is 8.92. The number of hydrogen-bond acceptors (Lipinski definition) is 1. The molecule has 0 aliphatic carbocycles. The Morgan fingerprint density at radius 1 is 0.696 bits per heavy atom. The number of hydrogen-bond donors (Lipinski definition) is 0. The highest BCUT2D eigenvalue weighted by Gasteiger charge is 2.14. The lowest BCUT2D eigenvalue weighted by Gasteiger charge is -2.17. The molecule has 3 aromatic rings. The van der Waals surface area contributed by atoms with Crippen LogP contribution in [0.4, 0.5) is 0 Å². The van der Waals surface area contributed by atoms with E-state index in [1.807, 2.05) is 0 Å². The zero-order chi connectivity index (χ0) is 16.1. The van der Waals surface area contributed by atoms with Crippen molar-refractivity contribution in [3.63, 3.8) is 0 Å². The Bertz CT molecular complexity index is 731. The highest BCUT2D eigenvalue weighted by molar-refractivity contribution is 6.08. The summed E-state index contributed by atoms with van der Waals surface area (Å²) in [5.41, 5.74) is 1.47. The average molecular weight is 306 g/mol. The van der Waals surface area contributed by atoms with Crippen LogP contribution in [-0.2, 0) is 6.42 Å². The van der Waals surface area contributed by atoms with Crippen LogP contribution in [0.5, 0.6) is 5.75 Å². The fourth-order valence-corrected chi connectivity index (χ4v) is 3.28. The zero-order valence-electron chi connectivity index (χ0n) is 14.3. The highest BCUT2D eigenvalue weighted by atomic mass is 16.5. The van der Waals surface area contributed by atoms with Gasteiger partial charge in [0.1, 0.15) is 5.75 Å². The van der Waals surface area contributed by atoms with Crippen molar-refractivity contribution in [3.05, 3.63) is 54.1 Å². The molecule has 0 saturated heterocycles. The number of fused-ring (bicyclic) bond motifs is 2. The fraction of sp³-hybridized carbons (Fsp3) is 0.364. The van der Waals surface area contributed by atoms with E-state index in [1.54, 1.807) is 0 Å². The molecular formula is C22H26O. The van der Waals surface area contributed by atoms with Crippen molar-refractivity contribution in [2.75, 3.05) is 6.61 Å². The van der Waals surface area contributed by atoms with Gasteiger partial charge in [0, 0.05) is 10.8 Å². The van der Waals surface area contributed by atoms with Gasteiger partial charge >= 0.3 is 0 Å². The molecular weight excluding hydrogens is 280 g/mol. The van der Waals surface area contributed by atoms with Crippen molar-refractivity contribution >= 4 is 21.5 Å². The molecule has 0 saturated carbocycles. The van der Waals surface area contributed by atoms with Gasteiger partial charge in [-0.3, -0.25) is 0 Å². The van der Waals surface area contributed by atoms with E-state index < -0.39 is 0 Å². The number of ether oxygens (including phenoxy) is 1. The summed E-state index contributed by atoms with van der Waals surface area (Å²) >= 11 is 0. The smallest absolute Gasteiger partial charge is 0.134 e. The van der Waals surface area contributed by atoms with Crippen molar-refractivity contribution in [3.8, 4) is 5.75 Å². The molecule has 1 nitrogen and oxygen atoms in total. The van der Waals surface area contributed by atoms with Crippen molar-refractivity contribution in [1.82, 2.24) is 0 Å². The van der Waals surface area contributed by atoms with Crippen LogP contribution in [0.15, 0.2) is 48.5 Å². The minimum atomic E-state index is 0.790. The van der Waals surface area contributed by atoms with E-state index in [-0.39, 0.29) is 0 Å². The maximum absolute atomic E-state index is 6.23. The largest absolute Gasteiger partial charge is 0.492 e. The van der Waals surface area contributed by atoms with Crippen LogP contribution in [-0.4, -0.2) is 6.61 Å². The quantitative estimate of drug-likeness (QED) is 0.357. The molecule has 0 aliphatic heterocycles. The fourth-order valence-electron chi connectivity index (χ4n) is 3.28. The lowest BCUT2D eigenvalue weighted by molar-refractivity contribution is 0.316. The van der Waals surface area contributed by atoms with E-state index >= 15 is 0 Å². The van der Waals surface area contributed by atoms with Crippen molar-refractivity contribution in [2.24, 2.45) is 0 Å². The number of aryl methyl sites for hydroxylation is 1. The van der Waals surface area contributed by atoms with Gasteiger partial charge < -0.3 is 4.74 Å². The lowest BCUT2D eigenvalue weighted by atomic mass is 9.92. The predicted octanol–water partition coefficient (Wildman–Crippen LogP) is 6.51. The van der Waals surface area contributed by atoms with Gasteiger partial charge in [0.25, 0.3) is 0 Å². The summed E-state index contributed by atoms with van der Waals surface area (Å²) in [6.45, 7) is 5.25. The maximum Gasteiger partial charge on any atom is 0.134 e. The van der Waals surface area contributed by atoms with Gasteiger partial charge in [0.05, 0.1) is 6.61 Å². The third kappa shape index (κ3) is 3.19. The van der Waals surface area contributed by atoms with Gasteiger partial charge in [-0.15, -0.1) is 0 Å². The summed E-state index contributed by atoms with van der Waals surface area (Å²) in [5, 5.41) is 5.22. The van der Waals surface area contributed by atoms with Crippen LogP contribution in [0.25, 0.3) is 21.5 Å². The van der Waals surface area contributed by atoms with Gasteiger partial charge in [-0.2, -0.15) is 0 Å². The van der Waals surface area contributed by atoms with Crippen LogP contribution in [0.3, 0.4) is 0 Å². The molecule has 0 radical (unpaired) electrons. The van der Waals surface area contributed by atoms with Gasteiger partial charge in [0.2, 0.25) is 0 Å². The summed E-state index contributed by atoms with van der Waals surface area (Å²) < 4.78 is 6.23. The third-order valence-electron chi connectivity index (χ3n) is 4.52. The highest BCUT2D eigenvalue weighted by Crippen LogP contribution is 2.39. The van der Waals surface area contributed by atoms with E-state index in [1.165, 1.54) is 39.9 Å². The summed E-state index contributed by atoms with van der Waals surface area (Å²) in [6.07, 6.45) is 5.83. The van der Waals surface area contributed by atoms with Crippen LogP contribution in [0.1, 0.15) is 45.1 Å². The molecule has 0 atom stereocenters. The second-order valence-corrected chi connectivity index (χ2v) is 6.20. The normalized spacial score (nSPS) is 11.2. The topological polar surface area (TPSA) is 9.23 Å². The Morgan fingerprint density at radius 3 is 1.74 bits per heavy atom. The molecule has 0 aromatic heterocycles. The Hall–Kier alpha value is -2.02. The molecule has 23 heavy (non-hydrogen) atoms. The minimum Gasteiger partial charge on any atom is -0.492 e. The van der Waals surface area contributed by atoms with Crippen LogP contribution >= 0.6 is 0 Å². The number of unbranched alkanes of at least 4 members (excludes halogenated alkanes) is 2. The molecule has 1 heteroatoms. The SMILES string of the molecule is CCCCOc1c2ccccc2c(CCCC)c2ccccc12. The summed E-state index contributed by atoms with van der Waals surface area (Å²) in [7, 11) is 0. The first-order chi connectivity index (χ1) is 11.4. The molecule has 0 spiro atoms. The van der Waals surface area contributed by atoms with Crippen molar-refractivity contribution < 1.29 is 4.74 Å². The van der Waals surface area contributed by atoms with Crippen LogP contribution in [0.2, 0.25) is 0 Å². The third-order valence-corrected chi connectivity index (χ3v) is 4.52. The first kappa shape index (κ1) is 15.9. The molecule has 0 heterocycles. The minimum absolute atomic E-state index is 0.790. The average Bonchev–Trinajstić information content (AvgIpc) is 2.60. The first-order valence-corrected chi connectivity index (χ1v) is 8.92. The van der Waals surface area contributed by atoms with E-state index in [0.29, 0.717) is 0 Å². The second-order valence-electron chi connectivity index (χ2n) is 6.20. The molecule has 0 bridgehead atoms. The van der Waals surface area contributed by atoms with Gasteiger partial charge in [0.15, 0.2) is 0 Å². The summed E-state index contributed by atoms with van der Waals surface area (Å²) in [6, 6.07) is 17.4. The van der Waals surface area contributed by atoms with E-state index in [4.69, 9.17) is 4.74 Å². The van der Waals surface area contributed by atoms with Crippen molar-refractivity contribution in [2.45, 2.75) is 46.0 Å². The molecule has 120 valence electrons. The molecule has 3 rings (SSSR count). The standard InChI is InChI=1S/C22H26O/c1-3-5-11-17-18-12-7-9-14-20(18)22(23-16-6-4-2)21-15-10-8-13-19(17)21/h7-10,12-15H,3-6,11,16H2,1-2H3. The Kier molecular flexibility index (Phi) is 5.17. The maximum atomic E-state index is 6.23. The van der Waals surface area contributed by atoms with E-state index in [2.05, 4.69) is 62.4 Å². The summed E-state index contributed by atoms with van der Waals surface area (Å²) in [5.74, 6) is 1.06. The Morgan fingerprint density at radius 2 is 1.22 bits per heavy atom. The van der Waals surface area contributed by atoms with Crippen LogP contribution in [0, 0.1) is 0 Å². The molecule has 0 fully saturated rings. The predicted molar refractivity (Wildman–Crippen MR) is 100 cm³/mol. The van der Waals surface area contributed by atoms with E-state index in [0.717, 1.165) is 31.6 Å². The second kappa shape index (κ2) is 7.50. The van der Waals surface area contributed by atoms with Gasteiger partial charge in [-0.25, -0.2) is 0 Å². The molecule has 0 amide bonds. The Labute approximate surface area is 139 Å². The van der Waals surface area contributed by atoms with Gasteiger partial charge in [-0.1, -0.05) is 75.2 Å². The summed E-state index contributed by atoms with van der Waals surface area (Å²) in [4.78, 5) is 0. The molecule has 0 aliphatic rings.